The number of carbonyl (C=O) groups is 1. The molecular formula is C22H32N4O3S. The number of aliphatic imine (C=N–C) groups is 1. The molecule has 164 valence electrons. The van der Waals surface area contributed by atoms with E-state index in [1.54, 1.807) is 14.0 Å². The topological polar surface area (TPSA) is 84.8 Å². The summed E-state index contributed by atoms with van der Waals surface area (Å²) in [5, 5.41) is 7.44. The lowest BCUT2D eigenvalue weighted by Crippen LogP contribution is -2.38. The van der Waals surface area contributed by atoms with Crippen molar-refractivity contribution in [2.75, 3.05) is 20.3 Å². The molecule has 7 nitrogen and oxygen atoms in total. The number of ether oxygens (including phenoxy) is 2. The number of nitrogens with zero attached hydrogens (tertiary/aromatic N) is 2. The highest BCUT2D eigenvalue weighted by atomic mass is 32.1. The maximum Gasteiger partial charge on any atom is 0.350 e. The van der Waals surface area contributed by atoms with E-state index in [1.807, 2.05) is 38.1 Å². The summed E-state index contributed by atoms with van der Waals surface area (Å²) in [5.74, 6) is 1.67. The van der Waals surface area contributed by atoms with Gasteiger partial charge in [-0.3, -0.25) is 4.99 Å². The number of benzene rings is 1. The zero-order valence-electron chi connectivity index (χ0n) is 18.6. The average molecular weight is 433 g/mol. The van der Waals surface area contributed by atoms with Crippen molar-refractivity contribution in [1.29, 1.82) is 0 Å². The summed E-state index contributed by atoms with van der Waals surface area (Å²) in [4.78, 5) is 21.4. The third kappa shape index (κ3) is 7.02. The lowest BCUT2D eigenvalue weighted by molar-refractivity contribution is 0.0531. The predicted molar refractivity (Wildman–Crippen MR) is 121 cm³/mol. The first kappa shape index (κ1) is 23.7. The smallest absolute Gasteiger partial charge is 0.350 e. The highest BCUT2D eigenvalue weighted by Crippen LogP contribution is 2.24. The standard InChI is InChI=1S/C22H32N4O3S/c1-7-28-21(27)19-15(4)25-20(30-19)16(5)26-22(23-6)24-12-17-9-8-10-18(11-17)29-13-14(2)3/h8-11,14,16H,7,12-13H2,1-6H3,(H2,23,24,26). The summed E-state index contributed by atoms with van der Waals surface area (Å²) in [6.07, 6.45) is 0. The van der Waals surface area contributed by atoms with E-state index in [4.69, 9.17) is 9.47 Å². The van der Waals surface area contributed by atoms with Gasteiger partial charge in [-0.1, -0.05) is 26.0 Å². The molecule has 2 rings (SSSR count). The molecule has 2 aromatic rings. The number of nitrogens with one attached hydrogen (secondary N) is 2. The molecule has 1 aromatic carbocycles. The van der Waals surface area contributed by atoms with Crippen LogP contribution in [0.2, 0.25) is 0 Å². The van der Waals surface area contributed by atoms with Gasteiger partial charge in [0.05, 0.1) is 24.9 Å². The summed E-state index contributed by atoms with van der Waals surface area (Å²) in [7, 11) is 1.72. The van der Waals surface area contributed by atoms with Crippen molar-refractivity contribution in [3.8, 4) is 5.75 Å². The quantitative estimate of drug-likeness (QED) is 0.353. The largest absolute Gasteiger partial charge is 0.493 e. The van der Waals surface area contributed by atoms with Crippen LogP contribution in [-0.4, -0.2) is 37.2 Å². The Morgan fingerprint density at radius 2 is 2.07 bits per heavy atom. The molecule has 1 unspecified atom stereocenters. The minimum atomic E-state index is -0.326. The second-order valence-corrected chi connectivity index (χ2v) is 8.36. The first-order valence-electron chi connectivity index (χ1n) is 10.2. The molecular weight excluding hydrogens is 400 g/mol. The van der Waals surface area contributed by atoms with Crippen molar-refractivity contribution in [2.24, 2.45) is 10.9 Å². The van der Waals surface area contributed by atoms with E-state index in [2.05, 4.69) is 34.5 Å². The fraction of sp³-hybridized carbons (Fsp3) is 0.500. The molecule has 8 heteroatoms. The molecule has 30 heavy (non-hydrogen) atoms. The van der Waals surface area contributed by atoms with Gasteiger partial charge in [0.2, 0.25) is 0 Å². The lowest BCUT2D eigenvalue weighted by atomic mass is 10.2. The first-order chi connectivity index (χ1) is 14.3. The van der Waals surface area contributed by atoms with Gasteiger partial charge in [0.25, 0.3) is 0 Å². The zero-order valence-corrected chi connectivity index (χ0v) is 19.4. The van der Waals surface area contributed by atoms with E-state index in [0.29, 0.717) is 42.2 Å². The van der Waals surface area contributed by atoms with E-state index >= 15 is 0 Å². The highest BCUT2D eigenvalue weighted by Gasteiger charge is 2.20. The third-order valence-corrected chi connectivity index (χ3v) is 5.48. The van der Waals surface area contributed by atoms with Crippen LogP contribution < -0.4 is 15.4 Å². The molecule has 1 heterocycles. The maximum absolute atomic E-state index is 12.0. The van der Waals surface area contributed by atoms with Crippen LogP contribution in [-0.2, 0) is 11.3 Å². The number of carbonyl (C=O) groups excluding carboxylic acids is 1. The third-order valence-electron chi connectivity index (χ3n) is 4.16. The van der Waals surface area contributed by atoms with Gasteiger partial charge in [-0.2, -0.15) is 0 Å². The molecule has 0 aliphatic rings. The number of aromatic nitrogens is 1. The fourth-order valence-electron chi connectivity index (χ4n) is 2.64. The van der Waals surface area contributed by atoms with Crippen LogP contribution in [0.5, 0.6) is 5.75 Å². The summed E-state index contributed by atoms with van der Waals surface area (Å²) in [5.41, 5.74) is 1.78. The van der Waals surface area contributed by atoms with Crippen molar-refractivity contribution in [3.05, 3.63) is 45.4 Å². The Bertz CT molecular complexity index is 864. The monoisotopic (exact) mass is 432 g/mol. The number of esters is 1. The number of aryl methyl sites for hydroxylation is 1. The van der Waals surface area contributed by atoms with E-state index < -0.39 is 0 Å². The Morgan fingerprint density at radius 3 is 2.73 bits per heavy atom. The minimum Gasteiger partial charge on any atom is -0.493 e. The van der Waals surface area contributed by atoms with Crippen LogP contribution in [0.25, 0.3) is 0 Å². The number of hydrogen-bond acceptors (Lipinski definition) is 6. The van der Waals surface area contributed by atoms with Gasteiger partial charge in [-0.15, -0.1) is 11.3 Å². The Balaban J connectivity index is 1.95. The molecule has 0 radical (unpaired) electrons. The molecule has 0 fully saturated rings. The highest BCUT2D eigenvalue weighted by molar-refractivity contribution is 7.13. The van der Waals surface area contributed by atoms with Crippen LogP contribution in [0.1, 0.15) is 59.7 Å². The van der Waals surface area contributed by atoms with E-state index in [0.717, 1.165) is 16.3 Å². The van der Waals surface area contributed by atoms with E-state index in [9.17, 15) is 4.79 Å². The van der Waals surface area contributed by atoms with Gasteiger partial charge in [0, 0.05) is 13.6 Å². The van der Waals surface area contributed by atoms with Gasteiger partial charge < -0.3 is 20.1 Å². The second-order valence-electron chi connectivity index (χ2n) is 7.33. The minimum absolute atomic E-state index is 0.108. The summed E-state index contributed by atoms with van der Waals surface area (Å²) in [6, 6.07) is 7.92. The fourth-order valence-corrected chi connectivity index (χ4v) is 3.61. The molecule has 0 spiro atoms. The van der Waals surface area contributed by atoms with Gasteiger partial charge in [0.15, 0.2) is 5.96 Å². The Labute approximate surface area is 182 Å². The van der Waals surface area contributed by atoms with Crippen LogP contribution in [0.15, 0.2) is 29.3 Å². The molecule has 2 N–H and O–H groups in total. The zero-order chi connectivity index (χ0) is 22.1. The van der Waals surface area contributed by atoms with Crippen LogP contribution in [0.3, 0.4) is 0 Å². The number of hydrogen-bond donors (Lipinski definition) is 2. The van der Waals surface area contributed by atoms with E-state index in [1.165, 1.54) is 11.3 Å². The molecule has 0 saturated carbocycles. The molecule has 0 aliphatic carbocycles. The molecule has 0 saturated heterocycles. The Kier molecular flexibility index (Phi) is 9.11. The van der Waals surface area contributed by atoms with Crippen molar-refractivity contribution in [3.63, 3.8) is 0 Å². The van der Waals surface area contributed by atoms with E-state index in [-0.39, 0.29) is 12.0 Å². The second kappa shape index (κ2) is 11.5. The Morgan fingerprint density at radius 1 is 1.30 bits per heavy atom. The van der Waals surface area contributed by atoms with Crippen molar-refractivity contribution < 1.29 is 14.3 Å². The van der Waals surface area contributed by atoms with Crippen molar-refractivity contribution in [1.82, 2.24) is 15.6 Å². The molecule has 1 atom stereocenters. The normalized spacial score (nSPS) is 12.6. The van der Waals surface area contributed by atoms with Gasteiger partial charge in [0.1, 0.15) is 15.6 Å². The van der Waals surface area contributed by atoms with Crippen LogP contribution in [0, 0.1) is 12.8 Å². The van der Waals surface area contributed by atoms with Gasteiger partial charge >= 0.3 is 5.97 Å². The summed E-state index contributed by atoms with van der Waals surface area (Å²) in [6.45, 7) is 11.5. The van der Waals surface area contributed by atoms with Crippen LogP contribution >= 0.6 is 11.3 Å². The summed E-state index contributed by atoms with van der Waals surface area (Å²) < 4.78 is 10.9. The first-order valence-corrected chi connectivity index (χ1v) is 11.0. The number of thiazole rings is 1. The lowest BCUT2D eigenvalue weighted by Gasteiger charge is -2.16. The molecule has 0 amide bonds. The summed E-state index contributed by atoms with van der Waals surface area (Å²) >= 11 is 1.34. The van der Waals surface area contributed by atoms with Crippen molar-refractivity contribution >= 4 is 23.3 Å². The SMILES string of the molecule is CCOC(=O)c1sc(C(C)NC(=NC)NCc2cccc(OCC(C)C)c2)nc1C. The van der Waals surface area contributed by atoms with Gasteiger partial charge in [-0.05, 0) is 44.4 Å². The average Bonchev–Trinajstić information content (AvgIpc) is 3.12. The Hall–Kier alpha value is -2.61. The molecule has 0 aliphatic heterocycles. The molecule has 1 aromatic heterocycles. The predicted octanol–water partition coefficient (Wildman–Crippen LogP) is 4.09. The number of rotatable bonds is 9. The van der Waals surface area contributed by atoms with Crippen LogP contribution in [0.4, 0.5) is 0 Å². The molecule has 0 bridgehead atoms. The van der Waals surface area contributed by atoms with Gasteiger partial charge in [-0.25, -0.2) is 9.78 Å². The number of guanidine groups is 1. The maximum atomic E-state index is 12.0. The van der Waals surface area contributed by atoms with Crippen molar-refractivity contribution in [2.45, 2.75) is 47.2 Å².